The molecule has 2 fully saturated rings. The summed E-state index contributed by atoms with van der Waals surface area (Å²) in [6.45, 7) is 3.37. The van der Waals surface area contributed by atoms with Crippen LogP contribution < -0.4 is 16.0 Å². The maximum absolute atomic E-state index is 11.3. The minimum Gasteiger partial charge on any atom is -0.378 e. The Bertz CT molecular complexity index is 572. The Kier molecular flexibility index (Phi) is 4.72. The van der Waals surface area contributed by atoms with Gasteiger partial charge in [0.1, 0.15) is 0 Å². The standard InChI is InChI=1S/C13H20N6O4/c14-11-10(19(20)21)12(18-3-6-22-7-4-18)17-13(16-11)15-8-9-2-1-5-23-9/h9H,1-8H2,(H3,14,15,16,17)/t9-/m0/s1. The van der Waals surface area contributed by atoms with Crippen LogP contribution in [-0.4, -0.2) is 60.5 Å². The summed E-state index contributed by atoms with van der Waals surface area (Å²) in [7, 11) is 0. The first-order valence-electron chi connectivity index (χ1n) is 7.65. The lowest BCUT2D eigenvalue weighted by molar-refractivity contribution is -0.383. The zero-order valence-electron chi connectivity index (χ0n) is 12.7. The van der Waals surface area contributed by atoms with Crippen molar-refractivity contribution < 1.29 is 14.4 Å². The molecule has 126 valence electrons. The second-order valence-corrected chi connectivity index (χ2v) is 5.48. The van der Waals surface area contributed by atoms with E-state index in [0.717, 1.165) is 19.4 Å². The third-order valence-corrected chi connectivity index (χ3v) is 3.90. The smallest absolute Gasteiger partial charge is 0.353 e. The fourth-order valence-corrected chi connectivity index (χ4v) is 2.72. The van der Waals surface area contributed by atoms with Crippen molar-refractivity contribution in [2.45, 2.75) is 18.9 Å². The second kappa shape index (κ2) is 6.92. The van der Waals surface area contributed by atoms with Gasteiger partial charge in [-0.25, -0.2) is 0 Å². The lowest BCUT2D eigenvalue weighted by atomic mass is 10.2. The summed E-state index contributed by atoms with van der Waals surface area (Å²) in [5.41, 5.74) is 5.54. The molecule has 0 aromatic carbocycles. The van der Waals surface area contributed by atoms with E-state index < -0.39 is 4.92 Å². The number of morpholine rings is 1. The van der Waals surface area contributed by atoms with Crippen LogP contribution in [0.3, 0.4) is 0 Å². The number of hydrogen-bond acceptors (Lipinski definition) is 9. The number of nitrogens with two attached hydrogens (primary N) is 1. The molecule has 2 aliphatic heterocycles. The molecule has 0 aliphatic carbocycles. The molecule has 2 saturated heterocycles. The molecule has 23 heavy (non-hydrogen) atoms. The van der Waals surface area contributed by atoms with Crippen LogP contribution >= 0.6 is 0 Å². The largest absolute Gasteiger partial charge is 0.378 e. The van der Waals surface area contributed by atoms with Crippen molar-refractivity contribution in [2.24, 2.45) is 0 Å². The van der Waals surface area contributed by atoms with Gasteiger partial charge in [0, 0.05) is 26.2 Å². The fraction of sp³-hybridized carbons (Fsp3) is 0.692. The SMILES string of the molecule is Nc1nc(NC[C@@H]2CCCO2)nc(N2CCOCC2)c1[N+](=O)[O-]. The van der Waals surface area contributed by atoms with Gasteiger partial charge in [0.25, 0.3) is 0 Å². The number of rotatable bonds is 5. The first-order chi connectivity index (χ1) is 11.1. The first kappa shape index (κ1) is 15.7. The van der Waals surface area contributed by atoms with E-state index in [1.54, 1.807) is 4.90 Å². The van der Waals surface area contributed by atoms with Crippen LogP contribution in [0, 0.1) is 10.1 Å². The quantitative estimate of drug-likeness (QED) is 0.583. The number of nitrogens with one attached hydrogen (secondary N) is 1. The second-order valence-electron chi connectivity index (χ2n) is 5.48. The Balaban J connectivity index is 1.82. The lowest BCUT2D eigenvalue weighted by Crippen LogP contribution is -2.37. The van der Waals surface area contributed by atoms with Crippen LogP contribution in [-0.2, 0) is 9.47 Å². The Morgan fingerprint density at radius 3 is 2.78 bits per heavy atom. The molecule has 0 bridgehead atoms. The zero-order chi connectivity index (χ0) is 16.2. The third-order valence-electron chi connectivity index (χ3n) is 3.90. The predicted octanol–water partition coefficient (Wildman–Crippen LogP) is 0.395. The van der Waals surface area contributed by atoms with Crippen LogP contribution in [0.2, 0.25) is 0 Å². The molecule has 0 unspecified atom stereocenters. The Morgan fingerprint density at radius 2 is 2.13 bits per heavy atom. The van der Waals surface area contributed by atoms with Gasteiger partial charge >= 0.3 is 5.69 Å². The molecule has 1 aromatic rings. The van der Waals surface area contributed by atoms with Crippen molar-refractivity contribution in [3.8, 4) is 0 Å². The number of nitrogen functional groups attached to an aromatic ring is 1. The number of anilines is 3. The molecule has 10 nitrogen and oxygen atoms in total. The maximum Gasteiger partial charge on any atom is 0.353 e. The summed E-state index contributed by atoms with van der Waals surface area (Å²) in [6.07, 6.45) is 2.13. The molecule has 3 N–H and O–H groups in total. The van der Waals surface area contributed by atoms with E-state index in [9.17, 15) is 10.1 Å². The van der Waals surface area contributed by atoms with Gasteiger partial charge in [-0.3, -0.25) is 10.1 Å². The van der Waals surface area contributed by atoms with Crippen LogP contribution in [0.4, 0.5) is 23.3 Å². The highest BCUT2D eigenvalue weighted by Crippen LogP contribution is 2.32. The van der Waals surface area contributed by atoms with Gasteiger partial charge in [-0.15, -0.1) is 0 Å². The molecule has 0 saturated carbocycles. The summed E-state index contributed by atoms with van der Waals surface area (Å²) in [6, 6.07) is 0. The van der Waals surface area contributed by atoms with Gasteiger partial charge in [0.2, 0.25) is 17.6 Å². The van der Waals surface area contributed by atoms with E-state index >= 15 is 0 Å². The normalized spacial score (nSPS) is 21.4. The van der Waals surface area contributed by atoms with Gasteiger partial charge in [-0.1, -0.05) is 0 Å². The highest BCUT2D eigenvalue weighted by molar-refractivity contribution is 5.71. The average Bonchev–Trinajstić information content (AvgIpc) is 3.06. The zero-order valence-corrected chi connectivity index (χ0v) is 12.7. The lowest BCUT2D eigenvalue weighted by Gasteiger charge is -2.27. The number of ether oxygens (including phenoxy) is 2. The van der Waals surface area contributed by atoms with Crippen LogP contribution in [0.25, 0.3) is 0 Å². The van der Waals surface area contributed by atoms with Crippen molar-refractivity contribution in [3.63, 3.8) is 0 Å². The fourth-order valence-electron chi connectivity index (χ4n) is 2.72. The highest BCUT2D eigenvalue weighted by atomic mass is 16.6. The number of nitrogens with zero attached hydrogens (tertiary/aromatic N) is 4. The predicted molar refractivity (Wildman–Crippen MR) is 83.6 cm³/mol. The van der Waals surface area contributed by atoms with E-state index in [1.165, 1.54) is 0 Å². The molecule has 0 radical (unpaired) electrons. The monoisotopic (exact) mass is 324 g/mol. The molecule has 3 rings (SSSR count). The number of nitro groups is 1. The summed E-state index contributed by atoms with van der Waals surface area (Å²) in [5.74, 6) is 0.382. The number of hydrogen-bond donors (Lipinski definition) is 2. The molecular weight excluding hydrogens is 304 g/mol. The Morgan fingerprint density at radius 1 is 1.35 bits per heavy atom. The Hall–Kier alpha value is -2.20. The van der Waals surface area contributed by atoms with Gasteiger partial charge in [-0.05, 0) is 12.8 Å². The summed E-state index contributed by atoms with van der Waals surface area (Å²) in [5, 5.41) is 14.4. The molecule has 0 spiro atoms. The van der Waals surface area contributed by atoms with Gasteiger partial charge in [0.05, 0.1) is 24.2 Å². The maximum atomic E-state index is 11.3. The molecule has 1 aromatic heterocycles. The molecule has 10 heteroatoms. The van der Waals surface area contributed by atoms with Crippen molar-refractivity contribution in [3.05, 3.63) is 10.1 Å². The van der Waals surface area contributed by atoms with E-state index in [1.807, 2.05) is 0 Å². The van der Waals surface area contributed by atoms with E-state index in [2.05, 4.69) is 15.3 Å². The van der Waals surface area contributed by atoms with E-state index in [4.69, 9.17) is 15.2 Å². The van der Waals surface area contributed by atoms with Crippen molar-refractivity contribution in [2.75, 3.05) is 55.4 Å². The third kappa shape index (κ3) is 3.59. The minimum atomic E-state index is -0.538. The molecule has 0 amide bonds. The first-order valence-corrected chi connectivity index (χ1v) is 7.65. The van der Waals surface area contributed by atoms with E-state index in [-0.39, 0.29) is 29.4 Å². The van der Waals surface area contributed by atoms with E-state index in [0.29, 0.717) is 32.8 Å². The summed E-state index contributed by atoms with van der Waals surface area (Å²) < 4.78 is 10.8. The summed E-state index contributed by atoms with van der Waals surface area (Å²) in [4.78, 5) is 20.9. The van der Waals surface area contributed by atoms with Crippen molar-refractivity contribution >= 4 is 23.3 Å². The minimum absolute atomic E-state index is 0.113. The Labute approximate surface area is 133 Å². The van der Waals surface area contributed by atoms with Gasteiger partial charge < -0.3 is 25.4 Å². The molecule has 2 aliphatic rings. The average molecular weight is 324 g/mol. The molecular formula is C13H20N6O4. The van der Waals surface area contributed by atoms with Crippen LogP contribution in [0.5, 0.6) is 0 Å². The van der Waals surface area contributed by atoms with Crippen molar-refractivity contribution in [1.82, 2.24) is 9.97 Å². The molecule has 1 atom stereocenters. The van der Waals surface area contributed by atoms with Gasteiger partial charge in [-0.2, -0.15) is 9.97 Å². The summed E-state index contributed by atoms with van der Waals surface area (Å²) >= 11 is 0. The topological polar surface area (TPSA) is 129 Å². The van der Waals surface area contributed by atoms with Crippen molar-refractivity contribution in [1.29, 1.82) is 0 Å². The highest BCUT2D eigenvalue weighted by Gasteiger charge is 2.28. The van der Waals surface area contributed by atoms with Crippen LogP contribution in [0.15, 0.2) is 0 Å². The van der Waals surface area contributed by atoms with Gasteiger partial charge in [0.15, 0.2) is 0 Å². The van der Waals surface area contributed by atoms with Crippen LogP contribution in [0.1, 0.15) is 12.8 Å². The molecule has 3 heterocycles. The number of aromatic nitrogens is 2.